The maximum Gasteiger partial charge on any atom is 0.361 e. The van der Waals surface area contributed by atoms with Gasteiger partial charge in [-0.2, -0.15) is 0 Å². The molecule has 0 fully saturated rings. The third-order valence-corrected chi connectivity index (χ3v) is 17.0. The molecule has 0 aromatic carbocycles. The Hall–Kier alpha value is -1.97. The molecule has 2 unspecified atom stereocenters. The van der Waals surface area contributed by atoms with Crippen molar-refractivity contribution in [3.8, 4) is 0 Å². The quantitative estimate of drug-likeness (QED) is 0.0211. The number of carboxylic acids is 1. The number of esters is 2. The van der Waals surface area contributed by atoms with Crippen LogP contribution in [-0.2, 0) is 33.3 Å². The molecule has 9 nitrogen and oxygen atoms in total. The highest BCUT2D eigenvalue weighted by Gasteiger charge is 2.25. The van der Waals surface area contributed by atoms with Crippen molar-refractivity contribution in [1.82, 2.24) is 0 Å². The second kappa shape index (κ2) is 66.0. The van der Waals surface area contributed by atoms with E-state index in [1.165, 1.54) is 321 Å². The minimum absolute atomic E-state index is 0.173. The van der Waals surface area contributed by atoms with Crippen LogP contribution in [-0.4, -0.2) is 87.4 Å². The highest BCUT2D eigenvalue weighted by Crippen LogP contribution is 2.20. The normalized spacial score (nSPS) is 12.6. The third kappa shape index (κ3) is 67.4. The van der Waals surface area contributed by atoms with Crippen LogP contribution in [0.25, 0.3) is 0 Å². The minimum Gasteiger partial charge on any atom is -0.477 e. The number of rotatable bonds is 70. The summed E-state index contributed by atoms with van der Waals surface area (Å²) in [6.45, 7) is 4.97. The van der Waals surface area contributed by atoms with Crippen molar-refractivity contribution in [2.45, 2.75) is 399 Å². The van der Waals surface area contributed by atoms with Gasteiger partial charge in [-0.05, 0) is 38.5 Å². The zero-order chi connectivity index (χ0) is 60.5. The summed E-state index contributed by atoms with van der Waals surface area (Å²) in [5.74, 6) is -1.97. The molecule has 0 aromatic heterocycles. The van der Waals surface area contributed by atoms with Gasteiger partial charge in [-0.25, -0.2) is 4.79 Å². The summed E-state index contributed by atoms with van der Waals surface area (Å²) >= 11 is 0. The number of carbonyl (C=O) groups excluding carboxylic acids is 2. The van der Waals surface area contributed by atoms with E-state index in [1.54, 1.807) is 0 Å². The summed E-state index contributed by atoms with van der Waals surface area (Å²) < 4.78 is 23.0. The Kier molecular flexibility index (Phi) is 64.4. The first-order valence-electron chi connectivity index (χ1n) is 36.9. The van der Waals surface area contributed by atoms with Crippen molar-refractivity contribution < 1.29 is 42.9 Å². The van der Waals surface area contributed by atoms with Crippen molar-refractivity contribution >= 4 is 17.9 Å². The fraction of sp³-hybridized carbons (Fsp3) is 0.932. The van der Waals surface area contributed by atoms with Crippen LogP contribution in [0.1, 0.15) is 386 Å². The molecule has 0 aliphatic rings. The number of nitrogens with zero attached hydrogens (tertiary/aromatic N) is 1. The zero-order valence-corrected chi connectivity index (χ0v) is 56.4. The Balaban J connectivity index is 3.99. The number of allylic oxidation sites excluding steroid dienone is 2. The van der Waals surface area contributed by atoms with E-state index >= 15 is 0 Å². The van der Waals surface area contributed by atoms with Crippen LogP contribution < -0.4 is 0 Å². The number of likely N-dealkylation sites (N-methyl/N-ethyl adjacent to an activating group) is 1. The lowest BCUT2D eigenvalue weighted by atomic mass is 10.0. The van der Waals surface area contributed by atoms with Crippen molar-refractivity contribution in [1.29, 1.82) is 0 Å². The summed E-state index contributed by atoms with van der Waals surface area (Å²) in [4.78, 5) is 37.6. The van der Waals surface area contributed by atoms with Crippen LogP contribution in [0.5, 0.6) is 0 Å². The fourth-order valence-corrected chi connectivity index (χ4v) is 11.4. The second-order valence-electron chi connectivity index (χ2n) is 26.6. The number of carbonyl (C=O) groups is 3. The molecule has 83 heavy (non-hydrogen) atoms. The summed E-state index contributed by atoms with van der Waals surface area (Å²) in [5, 5.41) is 9.75. The van der Waals surface area contributed by atoms with Crippen LogP contribution in [0, 0.1) is 0 Å². The van der Waals surface area contributed by atoms with E-state index in [2.05, 4.69) is 26.0 Å². The average Bonchev–Trinajstić information content (AvgIpc) is 3.46. The van der Waals surface area contributed by atoms with Crippen LogP contribution in [0.2, 0.25) is 0 Å². The van der Waals surface area contributed by atoms with Gasteiger partial charge >= 0.3 is 17.9 Å². The largest absolute Gasteiger partial charge is 0.477 e. The van der Waals surface area contributed by atoms with E-state index in [4.69, 9.17) is 18.9 Å². The monoisotopic (exact) mass is 1180 g/mol. The molecular formula is C74H144NO8+. The molecule has 0 amide bonds. The molecule has 9 heteroatoms. The van der Waals surface area contributed by atoms with Gasteiger partial charge in [0.1, 0.15) is 13.2 Å². The van der Waals surface area contributed by atoms with Gasteiger partial charge in [0.15, 0.2) is 6.10 Å². The predicted octanol–water partition coefficient (Wildman–Crippen LogP) is 22.8. The van der Waals surface area contributed by atoms with Gasteiger partial charge in [0.25, 0.3) is 6.29 Å². The van der Waals surface area contributed by atoms with Gasteiger partial charge in [-0.1, -0.05) is 347 Å². The summed E-state index contributed by atoms with van der Waals surface area (Å²) in [5.41, 5.74) is 0. The van der Waals surface area contributed by atoms with Gasteiger partial charge < -0.3 is 28.5 Å². The fourth-order valence-electron chi connectivity index (χ4n) is 11.4. The van der Waals surface area contributed by atoms with Crippen molar-refractivity contribution in [3.63, 3.8) is 0 Å². The highest BCUT2D eigenvalue weighted by molar-refractivity contribution is 5.71. The molecule has 1 N–H and O–H groups in total. The van der Waals surface area contributed by atoms with E-state index in [1.807, 2.05) is 21.1 Å². The van der Waals surface area contributed by atoms with E-state index in [-0.39, 0.29) is 38.2 Å². The third-order valence-electron chi connectivity index (χ3n) is 17.0. The number of unbranched alkanes of at least 4 members (excludes halogenated alkanes) is 53. The molecule has 0 saturated carbocycles. The molecule has 0 bridgehead atoms. The maximum absolute atomic E-state index is 13.0. The SMILES string of the molecule is CCCCCCCCCC/C=C\CCCCCCCCCCCCCCCCCCCCCCCCCC(=O)OC(COC(=O)CCCCCCCCCCCCCCCCCCCCCCCCC)COC(OCC[N+](C)(C)C)C(=O)O. The van der Waals surface area contributed by atoms with E-state index < -0.39 is 18.4 Å². The highest BCUT2D eigenvalue weighted by atomic mass is 16.7. The van der Waals surface area contributed by atoms with Crippen LogP contribution in [0.3, 0.4) is 0 Å². The first-order valence-corrected chi connectivity index (χ1v) is 36.9. The van der Waals surface area contributed by atoms with Gasteiger partial charge in [0.05, 0.1) is 34.4 Å². The van der Waals surface area contributed by atoms with Gasteiger partial charge in [0, 0.05) is 12.8 Å². The smallest absolute Gasteiger partial charge is 0.361 e. The second-order valence-corrected chi connectivity index (χ2v) is 26.6. The molecule has 2 atom stereocenters. The van der Waals surface area contributed by atoms with Gasteiger partial charge in [-0.3, -0.25) is 9.59 Å². The van der Waals surface area contributed by atoms with Gasteiger partial charge in [0.2, 0.25) is 0 Å². The Labute approximate surface area is 516 Å². The van der Waals surface area contributed by atoms with Gasteiger partial charge in [-0.15, -0.1) is 0 Å². The molecule has 0 radical (unpaired) electrons. The Bertz CT molecular complexity index is 1370. The van der Waals surface area contributed by atoms with Crippen LogP contribution in [0.4, 0.5) is 0 Å². The number of hydrogen-bond acceptors (Lipinski definition) is 7. The van der Waals surface area contributed by atoms with Crippen LogP contribution >= 0.6 is 0 Å². The lowest BCUT2D eigenvalue weighted by Crippen LogP contribution is -2.40. The molecule has 0 spiro atoms. The lowest BCUT2D eigenvalue weighted by Gasteiger charge is -2.25. The lowest BCUT2D eigenvalue weighted by molar-refractivity contribution is -0.870. The number of quaternary nitrogens is 1. The number of carboxylic acid groups (broad SMARTS) is 1. The summed E-state index contributed by atoms with van der Waals surface area (Å²) in [7, 11) is 6.00. The Morgan fingerprint density at radius 1 is 0.349 bits per heavy atom. The maximum atomic E-state index is 13.0. The Morgan fingerprint density at radius 3 is 0.892 bits per heavy atom. The topological polar surface area (TPSA) is 108 Å². The number of ether oxygens (including phenoxy) is 4. The molecule has 492 valence electrons. The summed E-state index contributed by atoms with van der Waals surface area (Å²) in [6, 6.07) is 0. The van der Waals surface area contributed by atoms with Crippen molar-refractivity contribution in [2.75, 3.05) is 47.5 Å². The van der Waals surface area contributed by atoms with Crippen molar-refractivity contribution in [3.05, 3.63) is 12.2 Å². The molecule has 0 rings (SSSR count). The number of aliphatic carboxylic acids is 1. The number of hydrogen-bond donors (Lipinski definition) is 1. The standard InChI is InChI=1S/C74H143NO8/c1-6-8-10-12-14-16-18-20-22-24-26-28-30-31-32-33-34-35-36-37-38-39-40-41-43-45-47-49-51-53-55-57-59-61-63-65-72(77)83-70(69-82-74(73(78)79)80-67-66-75(3,4)5)68-81-71(76)64-62-60-58-56-54-52-50-48-46-44-42-29-27-25-23-21-19-17-15-13-11-9-7-2/h24,26,70,74H,6-23,25,27-69H2,1-5H3/p+1/b26-24-. The molecular weight excluding hydrogens is 1030 g/mol. The van der Waals surface area contributed by atoms with Crippen LogP contribution in [0.15, 0.2) is 12.2 Å². The average molecular weight is 1180 g/mol. The molecule has 0 aromatic rings. The minimum atomic E-state index is -1.51. The molecule has 0 saturated heterocycles. The van der Waals surface area contributed by atoms with E-state index in [0.29, 0.717) is 17.4 Å². The first-order chi connectivity index (χ1) is 40.6. The van der Waals surface area contributed by atoms with E-state index in [9.17, 15) is 19.5 Å². The van der Waals surface area contributed by atoms with E-state index in [0.717, 1.165) is 38.5 Å². The zero-order valence-electron chi connectivity index (χ0n) is 56.4. The predicted molar refractivity (Wildman–Crippen MR) is 355 cm³/mol. The molecule has 0 aliphatic heterocycles. The molecule has 0 heterocycles. The van der Waals surface area contributed by atoms with Crippen molar-refractivity contribution in [2.24, 2.45) is 0 Å². The first kappa shape index (κ1) is 81.0. The Morgan fingerprint density at radius 2 is 0.614 bits per heavy atom. The summed E-state index contributed by atoms with van der Waals surface area (Å²) in [6.07, 6.45) is 77.8. The molecule has 0 aliphatic carbocycles.